The first-order valence-corrected chi connectivity index (χ1v) is 6.03. The Bertz CT molecular complexity index is 366. The first kappa shape index (κ1) is 9.44. The van der Waals surface area contributed by atoms with Crippen LogP contribution in [0.3, 0.4) is 0 Å². The fraction of sp³-hybridized carbons (Fsp3) is 0.769. The van der Waals surface area contributed by atoms with Crippen molar-refractivity contribution in [3.8, 4) is 0 Å². The molecule has 3 unspecified atom stereocenters. The molecule has 1 aromatic rings. The van der Waals surface area contributed by atoms with Gasteiger partial charge in [-0.05, 0) is 36.0 Å². The van der Waals surface area contributed by atoms with Gasteiger partial charge in [-0.25, -0.2) is 4.98 Å². The molecule has 0 amide bonds. The lowest BCUT2D eigenvalue weighted by atomic mass is 9.69. The van der Waals surface area contributed by atoms with Crippen LogP contribution in [0.5, 0.6) is 0 Å². The molecule has 3 atom stereocenters. The van der Waals surface area contributed by atoms with Crippen molar-refractivity contribution in [2.75, 3.05) is 0 Å². The maximum atomic E-state index is 4.19. The van der Waals surface area contributed by atoms with E-state index in [1.807, 2.05) is 12.5 Å². The van der Waals surface area contributed by atoms with Gasteiger partial charge in [-0.1, -0.05) is 20.8 Å². The SMILES string of the molecule is CC1(C)C2CCC1(C)C(n1ccnc1)C2. The van der Waals surface area contributed by atoms with Crippen LogP contribution in [-0.2, 0) is 0 Å². The molecule has 15 heavy (non-hydrogen) atoms. The second-order valence-corrected chi connectivity index (χ2v) is 6.14. The average molecular weight is 204 g/mol. The van der Waals surface area contributed by atoms with E-state index in [1.165, 1.54) is 19.3 Å². The first-order chi connectivity index (χ1) is 7.06. The Hall–Kier alpha value is -0.790. The van der Waals surface area contributed by atoms with E-state index in [1.54, 1.807) is 0 Å². The van der Waals surface area contributed by atoms with E-state index in [9.17, 15) is 0 Å². The molecule has 0 N–H and O–H groups in total. The van der Waals surface area contributed by atoms with Crippen LogP contribution in [0.15, 0.2) is 18.7 Å². The van der Waals surface area contributed by atoms with Crippen molar-refractivity contribution in [2.45, 2.75) is 46.1 Å². The molecule has 0 spiro atoms. The summed E-state index contributed by atoms with van der Waals surface area (Å²) in [6.45, 7) is 7.40. The summed E-state index contributed by atoms with van der Waals surface area (Å²) in [5.41, 5.74) is 0.973. The van der Waals surface area contributed by atoms with Gasteiger partial charge in [0.1, 0.15) is 0 Å². The largest absolute Gasteiger partial charge is 0.334 e. The van der Waals surface area contributed by atoms with Gasteiger partial charge < -0.3 is 4.57 Å². The third-order valence-electron chi connectivity index (χ3n) is 5.63. The molecule has 2 nitrogen and oxygen atoms in total. The lowest BCUT2D eigenvalue weighted by Gasteiger charge is -2.39. The van der Waals surface area contributed by atoms with Crippen molar-refractivity contribution >= 4 is 0 Å². The smallest absolute Gasteiger partial charge is 0.0948 e. The van der Waals surface area contributed by atoms with Crippen molar-refractivity contribution in [3.63, 3.8) is 0 Å². The van der Waals surface area contributed by atoms with Crippen LogP contribution in [0.25, 0.3) is 0 Å². The number of imidazole rings is 1. The number of fused-ring (bicyclic) bond motifs is 2. The summed E-state index contributed by atoms with van der Waals surface area (Å²) in [7, 11) is 0. The van der Waals surface area contributed by atoms with Gasteiger partial charge in [-0.3, -0.25) is 0 Å². The minimum absolute atomic E-state index is 0.471. The van der Waals surface area contributed by atoms with Gasteiger partial charge in [0, 0.05) is 18.4 Å². The van der Waals surface area contributed by atoms with Crippen molar-refractivity contribution < 1.29 is 0 Å². The number of rotatable bonds is 1. The minimum atomic E-state index is 0.471. The Morgan fingerprint density at radius 1 is 1.33 bits per heavy atom. The van der Waals surface area contributed by atoms with Crippen LogP contribution in [0.2, 0.25) is 0 Å². The predicted molar refractivity (Wildman–Crippen MR) is 60.5 cm³/mol. The lowest BCUT2D eigenvalue weighted by Crippen LogP contribution is -2.33. The van der Waals surface area contributed by atoms with Gasteiger partial charge >= 0.3 is 0 Å². The Balaban J connectivity index is 2.03. The van der Waals surface area contributed by atoms with Crippen LogP contribution in [0.4, 0.5) is 0 Å². The standard InChI is InChI=1S/C13H20N2/c1-12(2)10-4-5-13(12,3)11(8-10)15-7-6-14-9-15/h6-7,9-11H,4-5,8H2,1-3H3. The summed E-state index contributed by atoms with van der Waals surface area (Å²) >= 11 is 0. The van der Waals surface area contributed by atoms with Gasteiger partial charge in [0.2, 0.25) is 0 Å². The molecule has 2 heteroatoms. The highest BCUT2D eigenvalue weighted by Gasteiger charge is 2.61. The molecule has 0 aromatic carbocycles. The topological polar surface area (TPSA) is 17.8 Å². The highest BCUT2D eigenvalue weighted by atomic mass is 15.1. The number of hydrogen-bond donors (Lipinski definition) is 0. The summed E-state index contributed by atoms with van der Waals surface area (Å²) in [5.74, 6) is 0.912. The van der Waals surface area contributed by atoms with Crippen molar-refractivity contribution in [2.24, 2.45) is 16.7 Å². The van der Waals surface area contributed by atoms with Crippen LogP contribution in [0, 0.1) is 16.7 Å². The molecular weight excluding hydrogens is 184 g/mol. The maximum absolute atomic E-state index is 4.19. The average Bonchev–Trinajstić information content (AvgIpc) is 2.80. The van der Waals surface area contributed by atoms with Crippen molar-refractivity contribution in [1.82, 2.24) is 9.55 Å². The summed E-state index contributed by atoms with van der Waals surface area (Å²) < 4.78 is 2.33. The molecule has 1 heterocycles. The Morgan fingerprint density at radius 2 is 2.13 bits per heavy atom. The molecule has 0 saturated heterocycles. The van der Waals surface area contributed by atoms with E-state index >= 15 is 0 Å². The van der Waals surface area contributed by atoms with Crippen molar-refractivity contribution in [3.05, 3.63) is 18.7 Å². The van der Waals surface area contributed by atoms with E-state index in [4.69, 9.17) is 0 Å². The molecule has 0 aliphatic heterocycles. The van der Waals surface area contributed by atoms with E-state index in [0.29, 0.717) is 16.9 Å². The molecule has 2 aliphatic rings. The molecule has 1 aromatic heterocycles. The molecule has 2 aliphatic carbocycles. The normalized spacial score (nSPS) is 42.3. The van der Waals surface area contributed by atoms with Gasteiger partial charge in [0.25, 0.3) is 0 Å². The summed E-state index contributed by atoms with van der Waals surface area (Å²) in [6.07, 6.45) is 10.2. The van der Waals surface area contributed by atoms with Gasteiger partial charge in [-0.2, -0.15) is 0 Å². The van der Waals surface area contributed by atoms with Gasteiger partial charge in [0.05, 0.1) is 6.33 Å². The van der Waals surface area contributed by atoms with Crippen LogP contribution >= 0.6 is 0 Å². The summed E-state index contributed by atoms with van der Waals surface area (Å²) in [6, 6.07) is 0.675. The Labute approximate surface area is 91.7 Å². The van der Waals surface area contributed by atoms with E-state index in [0.717, 1.165) is 5.92 Å². The number of hydrogen-bond acceptors (Lipinski definition) is 1. The van der Waals surface area contributed by atoms with E-state index in [2.05, 4.69) is 36.5 Å². The fourth-order valence-corrected chi connectivity index (χ4v) is 4.07. The quantitative estimate of drug-likeness (QED) is 0.686. The molecule has 0 radical (unpaired) electrons. The van der Waals surface area contributed by atoms with E-state index in [-0.39, 0.29) is 0 Å². The molecule has 2 bridgehead atoms. The highest BCUT2D eigenvalue weighted by Crippen LogP contribution is 2.69. The molecular formula is C13H20N2. The molecule has 2 saturated carbocycles. The maximum Gasteiger partial charge on any atom is 0.0948 e. The molecule has 82 valence electrons. The summed E-state index contributed by atoms with van der Waals surface area (Å²) in [5, 5.41) is 0. The van der Waals surface area contributed by atoms with Crippen molar-refractivity contribution in [1.29, 1.82) is 0 Å². The predicted octanol–water partition coefficient (Wildman–Crippen LogP) is 3.27. The van der Waals surface area contributed by atoms with Crippen LogP contribution < -0.4 is 0 Å². The monoisotopic (exact) mass is 204 g/mol. The zero-order chi connectivity index (χ0) is 10.7. The highest BCUT2D eigenvalue weighted by molar-refractivity contribution is 5.12. The Morgan fingerprint density at radius 3 is 2.60 bits per heavy atom. The lowest BCUT2D eigenvalue weighted by molar-refractivity contribution is 0.107. The number of aromatic nitrogens is 2. The van der Waals surface area contributed by atoms with E-state index < -0.39 is 0 Å². The second kappa shape index (κ2) is 2.66. The zero-order valence-electron chi connectivity index (χ0n) is 9.90. The second-order valence-electron chi connectivity index (χ2n) is 6.14. The first-order valence-electron chi connectivity index (χ1n) is 6.03. The molecule has 2 fully saturated rings. The summed E-state index contributed by atoms with van der Waals surface area (Å²) in [4.78, 5) is 4.19. The third kappa shape index (κ3) is 0.977. The van der Waals surface area contributed by atoms with Crippen LogP contribution in [-0.4, -0.2) is 9.55 Å². The van der Waals surface area contributed by atoms with Gasteiger partial charge in [-0.15, -0.1) is 0 Å². The third-order valence-corrected chi connectivity index (χ3v) is 5.63. The van der Waals surface area contributed by atoms with Gasteiger partial charge in [0.15, 0.2) is 0 Å². The molecule has 3 rings (SSSR count). The minimum Gasteiger partial charge on any atom is -0.334 e. The fourth-order valence-electron chi connectivity index (χ4n) is 4.07. The Kier molecular flexibility index (Phi) is 1.67. The number of nitrogens with zero attached hydrogens (tertiary/aromatic N) is 2. The van der Waals surface area contributed by atoms with Crippen LogP contribution in [0.1, 0.15) is 46.1 Å². The zero-order valence-corrected chi connectivity index (χ0v) is 9.90.